The van der Waals surface area contributed by atoms with Crippen LogP contribution in [-0.2, 0) is 9.59 Å². The highest BCUT2D eigenvalue weighted by Crippen LogP contribution is 2.34. The number of ether oxygens (including phenoxy) is 1. The summed E-state index contributed by atoms with van der Waals surface area (Å²) in [5, 5.41) is 2.94. The fourth-order valence-electron chi connectivity index (χ4n) is 3.56. The molecule has 1 aliphatic rings. The predicted molar refractivity (Wildman–Crippen MR) is 117 cm³/mol. The van der Waals surface area contributed by atoms with Crippen molar-refractivity contribution in [3.8, 4) is 11.5 Å². The van der Waals surface area contributed by atoms with Crippen LogP contribution in [-0.4, -0.2) is 16.7 Å². The van der Waals surface area contributed by atoms with Crippen LogP contribution in [0.15, 0.2) is 85.1 Å². The van der Waals surface area contributed by atoms with Gasteiger partial charge in [0.1, 0.15) is 5.75 Å². The van der Waals surface area contributed by atoms with Gasteiger partial charge in [0.05, 0.1) is 18.2 Å². The molecule has 1 atom stereocenters. The van der Waals surface area contributed by atoms with Gasteiger partial charge in [-0.1, -0.05) is 54.6 Å². The summed E-state index contributed by atoms with van der Waals surface area (Å²) in [6, 6.07) is 24.2. The zero-order valence-electron chi connectivity index (χ0n) is 16.6. The van der Waals surface area contributed by atoms with E-state index in [0.29, 0.717) is 17.2 Å². The lowest BCUT2D eigenvalue weighted by Gasteiger charge is -2.32. The summed E-state index contributed by atoms with van der Waals surface area (Å²) < 4.78 is 5.93. The lowest BCUT2D eigenvalue weighted by atomic mass is 9.93. The molecular formula is C25H22N2O3. The zero-order valence-corrected chi connectivity index (χ0v) is 16.6. The van der Waals surface area contributed by atoms with Crippen molar-refractivity contribution in [2.24, 2.45) is 0 Å². The molecule has 0 bridgehead atoms. The first-order chi connectivity index (χ1) is 14.6. The van der Waals surface area contributed by atoms with Crippen LogP contribution in [0.5, 0.6) is 11.5 Å². The molecule has 5 nitrogen and oxygen atoms in total. The number of anilines is 1. The molecule has 0 saturated heterocycles. The van der Waals surface area contributed by atoms with E-state index in [9.17, 15) is 9.59 Å². The molecule has 2 amide bonds. The molecule has 150 valence electrons. The van der Waals surface area contributed by atoms with Crippen LogP contribution in [0.1, 0.15) is 30.5 Å². The molecule has 0 spiro atoms. The smallest absolute Gasteiger partial charge is 0.226 e. The molecule has 0 radical (unpaired) electrons. The van der Waals surface area contributed by atoms with E-state index in [2.05, 4.69) is 5.32 Å². The van der Waals surface area contributed by atoms with E-state index in [4.69, 9.17) is 4.74 Å². The Morgan fingerprint density at radius 2 is 1.63 bits per heavy atom. The van der Waals surface area contributed by atoms with Crippen LogP contribution in [0, 0.1) is 0 Å². The first-order valence-corrected chi connectivity index (χ1v) is 9.79. The molecule has 1 heterocycles. The molecule has 0 aromatic heterocycles. The number of carbonyl (C=O) groups excluding carboxylic acids is 2. The summed E-state index contributed by atoms with van der Waals surface area (Å²) >= 11 is 0. The van der Waals surface area contributed by atoms with Crippen molar-refractivity contribution >= 4 is 23.6 Å². The monoisotopic (exact) mass is 398 g/mol. The molecule has 0 aliphatic carbocycles. The second-order valence-corrected chi connectivity index (χ2v) is 7.05. The van der Waals surface area contributed by atoms with Gasteiger partial charge in [-0.25, -0.2) is 0 Å². The Kier molecular flexibility index (Phi) is 5.61. The Morgan fingerprint density at radius 1 is 0.933 bits per heavy atom. The van der Waals surface area contributed by atoms with Crippen molar-refractivity contribution in [3.63, 3.8) is 0 Å². The van der Waals surface area contributed by atoms with E-state index in [-0.39, 0.29) is 24.3 Å². The lowest BCUT2D eigenvalue weighted by Crippen LogP contribution is -2.33. The summed E-state index contributed by atoms with van der Waals surface area (Å²) in [4.78, 5) is 26.7. The van der Waals surface area contributed by atoms with Gasteiger partial charge >= 0.3 is 0 Å². The summed E-state index contributed by atoms with van der Waals surface area (Å²) in [6.45, 7) is 1.51. The van der Waals surface area contributed by atoms with Crippen molar-refractivity contribution < 1.29 is 14.3 Å². The van der Waals surface area contributed by atoms with Gasteiger partial charge in [-0.3, -0.25) is 9.59 Å². The molecule has 3 aromatic carbocycles. The predicted octanol–water partition coefficient (Wildman–Crippen LogP) is 5.38. The van der Waals surface area contributed by atoms with E-state index in [1.165, 1.54) is 6.92 Å². The Labute approximate surface area is 175 Å². The standard InChI is InChI=1S/C25H22N2O3/c1-18(28)27-16-15-19-9-5-6-12-21(19)23(27)17-25(29)26-22-13-7-8-14-24(22)30-20-10-3-2-4-11-20/h2-16,23H,17H2,1H3,(H,26,29)/t23-/m1/s1. The van der Waals surface area contributed by atoms with Crippen LogP contribution < -0.4 is 10.1 Å². The summed E-state index contributed by atoms with van der Waals surface area (Å²) in [6.07, 6.45) is 3.78. The van der Waals surface area contributed by atoms with Gasteiger partial charge in [-0.15, -0.1) is 0 Å². The van der Waals surface area contributed by atoms with Crippen LogP contribution in [0.2, 0.25) is 0 Å². The second kappa shape index (κ2) is 8.66. The molecule has 3 aromatic rings. The van der Waals surface area contributed by atoms with Gasteiger partial charge < -0.3 is 15.0 Å². The molecule has 5 heteroatoms. The van der Waals surface area contributed by atoms with Crippen molar-refractivity contribution in [2.45, 2.75) is 19.4 Å². The molecular weight excluding hydrogens is 376 g/mol. The van der Waals surface area contributed by atoms with Crippen molar-refractivity contribution in [2.75, 3.05) is 5.32 Å². The van der Waals surface area contributed by atoms with E-state index >= 15 is 0 Å². The van der Waals surface area contributed by atoms with Gasteiger partial charge in [-0.2, -0.15) is 0 Å². The third-order valence-corrected chi connectivity index (χ3v) is 4.98. The quantitative estimate of drug-likeness (QED) is 0.628. The maximum absolute atomic E-state index is 12.9. The van der Waals surface area contributed by atoms with Crippen molar-refractivity contribution in [3.05, 3.63) is 96.2 Å². The molecule has 0 saturated carbocycles. The second-order valence-electron chi connectivity index (χ2n) is 7.05. The Bertz CT molecular complexity index is 1090. The number of carbonyl (C=O) groups is 2. The summed E-state index contributed by atoms with van der Waals surface area (Å²) in [5.74, 6) is 0.949. The van der Waals surface area contributed by atoms with E-state index in [1.807, 2.05) is 78.9 Å². The largest absolute Gasteiger partial charge is 0.455 e. The van der Waals surface area contributed by atoms with Crippen LogP contribution >= 0.6 is 0 Å². The van der Waals surface area contributed by atoms with Crippen LogP contribution in [0.25, 0.3) is 6.08 Å². The van der Waals surface area contributed by atoms with Gasteiger partial charge in [0.2, 0.25) is 11.8 Å². The molecule has 1 aliphatic heterocycles. The minimum atomic E-state index is -0.356. The van der Waals surface area contributed by atoms with Crippen molar-refractivity contribution in [1.29, 1.82) is 0 Å². The van der Waals surface area contributed by atoms with Crippen LogP contribution in [0.4, 0.5) is 5.69 Å². The zero-order chi connectivity index (χ0) is 20.9. The average molecular weight is 398 g/mol. The first-order valence-electron chi connectivity index (χ1n) is 9.79. The molecule has 1 N–H and O–H groups in total. The van der Waals surface area contributed by atoms with Gasteiger partial charge in [0, 0.05) is 13.1 Å². The number of para-hydroxylation sites is 3. The topological polar surface area (TPSA) is 58.6 Å². The summed E-state index contributed by atoms with van der Waals surface area (Å²) in [7, 11) is 0. The average Bonchev–Trinajstić information content (AvgIpc) is 2.76. The molecule has 4 rings (SSSR count). The van der Waals surface area contributed by atoms with Gasteiger partial charge in [0.15, 0.2) is 5.75 Å². The van der Waals surface area contributed by atoms with Gasteiger partial charge in [0.25, 0.3) is 0 Å². The highest BCUT2D eigenvalue weighted by molar-refractivity contribution is 5.93. The minimum Gasteiger partial charge on any atom is -0.455 e. The maximum atomic E-state index is 12.9. The fraction of sp³-hybridized carbons (Fsp3) is 0.120. The highest BCUT2D eigenvalue weighted by Gasteiger charge is 2.28. The van der Waals surface area contributed by atoms with E-state index in [0.717, 1.165) is 11.1 Å². The van der Waals surface area contributed by atoms with Crippen LogP contribution in [0.3, 0.4) is 0 Å². The fourth-order valence-corrected chi connectivity index (χ4v) is 3.56. The molecule has 30 heavy (non-hydrogen) atoms. The first kappa shape index (κ1) is 19.5. The normalized spacial score (nSPS) is 14.7. The van der Waals surface area contributed by atoms with Gasteiger partial charge in [-0.05, 0) is 41.5 Å². The number of amides is 2. The number of fused-ring (bicyclic) bond motifs is 1. The number of rotatable bonds is 5. The highest BCUT2D eigenvalue weighted by atomic mass is 16.5. The van der Waals surface area contributed by atoms with Crippen molar-refractivity contribution in [1.82, 2.24) is 4.90 Å². The maximum Gasteiger partial charge on any atom is 0.226 e. The summed E-state index contributed by atoms with van der Waals surface area (Å²) in [5.41, 5.74) is 2.56. The number of benzene rings is 3. The Hall–Kier alpha value is -3.86. The number of nitrogens with zero attached hydrogens (tertiary/aromatic N) is 1. The minimum absolute atomic E-state index is 0.105. The third-order valence-electron chi connectivity index (χ3n) is 4.98. The molecule has 0 fully saturated rings. The Morgan fingerprint density at radius 3 is 2.43 bits per heavy atom. The van der Waals surface area contributed by atoms with E-state index < -0.39 is 0 Å². The number of hydrogen-bond acceptors (Lipinski definition) is 3. The number of nitrogens with one attached hydrogen (secondary N) is 1. The SMILES string of the molecule is CC(=O)N1C=Cc2ccccc2[C@H]1CC(=O)Nc1ccccc1Oc1ccccc1. The number of hydrogen-bond donors (Lipinski definition) is 1. The third kappa shape index (κ3) is 4.25. The Balaban J connectivity index is 1.53. The molecule has 0 unspecified atom stereocenters. The lowest BCUT2D eigenvalue weighted by molar-refractivity contribution is -0.129. The van der Waals surface area contributed by atoms with E-state index in [1.54, 1.807) is 17.2 Å².